The van der Waals surface area contributed by atoms with Crippen LogP contribution < -0.4 is 5.32 Å². The number of halogens is 2. The number of hydrogen-bond acceptors (Lipinski definition) is 4. The van der Waals surface area contributed by atoms with Gasteiger partial charge in [-0.15, -0.1) is 16.8 Å². The number of carbonyl (C=O) groups excluding carboxylic acids is 1. The zero-order valence-electron chi connectivity index (χ0n) is 11.8. The lowest BCUT2D eigenvalue weighted by Gasteiger charge is -2.09. The Hall–Kier alpha value is -1.50. The van der Waals surface area contributed by atoms with Crippen molar-refractivity contribution in [3.63, 3.8) is 0 Å². The van der Waals surface area contributed by atoms with Crippen molar-refractivity contribution in [2.75, 3.05) is 11.1 Å². The molecule has 0 bridgehead atoms. The summed E-state index contributed by atoms with van der Waals surface area (Å²) in [6.45, 7) is 6.14. The second kappa shape index (κ2) is 7.67. The van der Waals surface area contributed by atoms with Gasteiger partial charge in [-0.3, -0.25) is 4.79 Å². The monoisotopic (exact) mass is 356 g/mol. The molecule has 1 aromatic carbocycles. The summed E-state index contributed by atoms with van der Waals surface area (Å²) in [5.74, 6) is 0.736. The Labute approximate surface area is 142 Å². The van der Waals surface area contributed by atoms with Gasteiger partial charge in [0.1, 0.15) is 5.82 Å². The van der Waals surface area contributed by atoms with Crippen LogP contribution >= 0.6 is 35.0 Å². The first-order valence-electron chi connectivity index (χ1n) is 6.40. The Balaban J connectivity index is 2.00. The molecule has 22 heavy (non-hydrogen) atoms. The number of anilines is 1. The Kier molecular flexibility index (Phi) is 5.88. The predicted molar refractivity (Wildman–Crippen MR) is 90.8 cm³/mol. The van der Waals surface area contributed by atoms with Gasteiger partial charge >= 0.3 is 0 Å². The third-order valence-corrected chi connectivity index (χ3v) is 4.37. The van der Waals surface area contributed by atoms with Crippen LogP contribution in [-0.2, 0) is 11.3 Å². The molecular formula is C14H14Cl2N4OS. The van der Waals surface area contributed by atoms with E-state index in [9.17, 15) is 4.79 Å². The zero-order chi connectivity index (χ0) is 16.1. The van der Waals surface area contributed by atoms with E-state index in [-0.39, 0.29) is 11.7 Å². The summed E-state index contributed by atoms with van der Waals surface area (Å²) in [6, 6.07) is 5.05. The van der Waals surface area contributed by atoms with E-state index in [4.69, 9.17) is 23.2 Å². The summed E-state index contributed by atoms with van der Waals surface area (Å²) in [6.07, 6.45) is 1.75. The lowest BCUT2D eigenvalue weighted by Crippen LogP contribution is -2.15. The van der Waals surface area contributed by atoms with Crippen LogP contribution in [0.4, 0.5) is 5.69 Å². The highest BCUT2D eigenvalue weighted by Crippen LogP contribution is 2.30. The first-order valence-corrected chi connectivity index (χ1v) is 8.14. The van der Waals surface area contributed by atoms with Gasteiger partial charge in [0.15, 0.2) is 5.16 Å². The Bertz CT molecular complexity index is 682. The van der Waals surface area contributed by atoms with Crippen LogP contribution in [-0.4, -0.2) is 26.4 Å². The zero-order valence-corrected chi connectivity index (χ0v) is 14.2. The molecule has 0 aliphatic heterocycles. The summed E-state index contributed by atoms with van der Waals surface area (Å²) in [4.78, 5) is 12.0. The van der Waals surface area contributed by atoms with Gasteiger partial charge in [-0.05, 0) is 19.1 Å². The molecule has 1 amide bonds. The van der Waals surface area contributed by atoms with Crippen LogP contribution in [0.3, 0.4) is 0 Å². The molecule has 1 heterocycles. The number of nitrogens with zero attached hydrogens (tertiary/aromatic N) is 3. The molecule has 116 valence electrons. The first kappa shape index (κ1) is 16.9. The van der Waals surface area contributed by atoms with Crippen molar-refractivity contribution < 1.29 is 4.79 Å². The number of thioether (sulfide) groups is 1. The van der Waals surface area contributed by atoms with Gasteiger partial charge in [0.2, 0.25) is 5.91 Å². The highest BCUT2D eigenvalue weighted by atomic mass is 35.5. The molecular weight excluding hydrogens is 343 g/mol. The number of aromatic nitrogens is 3. The minimum absolute atomic E-state index is 0.177. The minimum atomic E-state index is -0.217. The van der Waals surface area contributed by atoms with Gasteiger partial charge in [0.05, 0.1) is 21.5 Å². The Morgan fingerprint density at radius 2 is 2.09 bits per heavy atom. The number of aryl methyl sites for hydroxylation is 1. The standard InChI is InChI=1S/C14H14Cl2N4OS/c1-3-7-20-9(2)18-19-14(20)22-8-12(21)17-13-10(15)5-4-6-11(13)16/h3-6H,1,7-8H2,2H3,(H,17,21). The van der Waals surface area contributed by atoms with Gasteiger partial charge in [-0.2, -0.15) is 0 Å². The van der Waals surface area contributed by atoms with E-state index in [0.717, 1.165) is 5.82 Å². The van der Waals surface area contributed by atoms with Crippen LogP contribution in [0.15, 0.2) is 36.0 Å². The maximum atomic E-state index is 12.0. The molecule has 2 aromatic rings. The molecule has 0 unspecified atom stereocenters. The summed E-state index contributed by atoms with van der Waals surface area (Å²) in [5, 5.41) is 12.2. The van der Waals surface area contributed by atoms with E-state index in [1.54, 1.807) is 24.3 Å². The van der Waals surface area contributed by atoms with Crippen molar-refractivity contribution in [3.8, 4) is 0 Å². The quantitative estimate of drug-likeness (QED) is 0.631. The summed E-state index contributed by atoms with van der Waals surface area (Å²) >= 11 is 13.3. The first-order chi connectivity index (χ1) is 10.5. The molecule has 0 radical (unpaired) electrons. The molecule has 0 aliphatic rings. The van der Waals surface area contributed by atoms with E-state index < -0.39 is 0 Å². The highest BCUT2D eigenvalue weighted by molar-refractivity contribution is 7.99. The van der Waals surface area contributed by atoms with E-state index >= 15 is 0 Å². The number of benzene rings is 1. The maximum absolute atomic E-state index is 12.0. The van der Waals surface area contributed by atoms with Crippen LogP contribution in [0.1, 0.15) is 5.82 Å². The molecule has 0 fully saturated rings. The van der Waals surface area contributed by atoms with E-state index in [1.807, 2.05) is 11.5 Å². The fourth-order valence-electron chi connectivity index (χ4n) is 1.73. The predicted octanol–water partition coefficient (Wildman–Crippen LogP) is 3.81. The van der Waals surface area contributed by atoms with Crippen molar-refractivity contribution in [2.24, 2.45) is 0 Å². The third-order valence-electron chi connectivity index (χ3n) is 2.77. The molecule has 0 saturated heterocycles. The molecule has 8 heteroatoms. The van der Waals surface area contributed by atoms with Gasteiger partial charge < -0.3 is 9.88 Å². The second-order valence-corrected chi connectivity index (χ2v) is 6.12. The van der Waals surface area contributed by atoms with Crippen LogP contribution in [0.2, 0.25) is 10.0 Å². The summed E-state index contributed by atoms with van der Waals surface area (Å²) in [7, 11) is 0. The molecule has 1 N–H and O–H groups in total. The third kappa shape index (κ3) is 4.03. The van der Waals surface area contributed by atoms with Crippen molar-refractivity contribution in [1.29, 1.82) is 0 Å². The minimum Gasteiger partial charge on any atom is -0.323 e. The van der Waals surface area contributed by atoms with Gasteiger partial charge in [-0.1, -0.05) is 47.1 Å². The highest BCUT2D eigenvalue weighted by Gasteiger charge is 2.13. The SMILES string of the molecule is C=CCn1c(C)nnc1SCC(=O)Nc1c(Cl)cccc1Cl. The van der Waals surface area contributed by atoms with Crippen LogP contribution in [0, 0.1) is 6.92 Å². The van der Waals surface area contributed by atoms with Crippen molar-refractivity contribution >= 4 is 46.6 Å². The second-order valence-electron chi connectivity index (χ2n) is 4.36. The van der Waals surface area contributed by atoms with E-state index in [1.165, 1.54) is 11.8 Å². The largest absolute Gasteiger partial charge is 0.323 e. The molecule has 5 nitrogen and oxygen atoms in total. The molecule has 1 aromatic heterocycles. The van der Waals surface area contributed by atoms with Crippen molar-refractivity contribution in [3.05, 3.63) is 46.7 Å². The normalized spacial score (nSPS) is 10.5. The summed E-state index contributed by atoms with van der Waals surface area (Å²) < 4.78 is 1.88. The molecule has 0 atom stereocenters. The van der Waals surface area contributed by atoms with Gasteiger partial charge in [0.25, 0.3) is 0 Å². The Morgan fingerprint density at radius 3 is 2.73 bits per heavy atom. The lowest BCUT2D eigenvalue weighted by atomic mass is 10.3. The number of hydrogen-bond donors (Lipinski definition) is 1. The summed E-state index contributed by atoms with van der Waals surface area (Å²) in [5.41, 5.74) is 0.417. The molecule has 0 saturated carbocycles. The van der Waals surface area contributed by atoms with E-state index in [2.05, 4.69) is 22.1 Å². The van der Waals surface area contributed by atoms with Gasteiger partial charge in [0, 0.05) is 6.54 Å². The fraction of sp³-hybridized carbons (Fsp3) is 0.214. The number of para-hydroxylation sites is 1. The van der Waals surface area contributed by atoms with Crippen LogP contribution in [0.25, 0.3) is 0 Å². The molecule has 0 aliphatic carbocycles. The van der Waals surface area contributed by atoms with Crippen molar-refractivity contribution in [1.82, 2.24) is 14.8 Å². The smallest absolute Gasteiger partial charge is 0.234 e. The molecule has 0 spiro atoms. The van der Waals surface area contributed by atoms with Crippen molar-refractivity contribution in [2.45, 2.75) is 18.6 Å². The molecule has 2 rings (SSSR count). The number of allylic oxidation sites excluding steroid dienone is 1. The topological polar surface area (TPSA) is 59.8 Å². The van der Waals surface area contributed by atoms with Gasteiger partial charge in [-0.25, -0.2) is 0 Å². The lowest BCUT2D eigenvalue weighted by molar-refractivity contribution is -0.113. The maximum Gasteiger partial charge on any atom is 0.234 e. The fourth-order valence-corrected chi connectivity index (χ4v) is 3.02. The Morgan fingerprint density at radius 1 is 1.41 bits per heavy atom. The number of amides is 1. The number of carbonyl (C=O) groups is 1. The van der Waals surface area contributed by atoms with E-state index in [0.29, 0.717) is 27.4 Å². The average Bonchev–Trinajstić information content (AvgIpc) is 2.82. The van der Waals surface area contributed by atoms with Crippen LogP contribution in [0.5, 0.6) is 0 Å². The number of rotatable bonds is 6. The number of nitrogens with one attached hydrogen (secondary N) is 1. The average molecular weight is 357 g/mol.